The number of hydrogen-bond acceptors (Lipinski definition) is 5. The van der Waals surface area contributed by atoms with Gasteiger partial charge in [0.1, 0.15) is 11.3 Å². The van der Waals surface area contributed by atoms with Crippen molar-refractivity contribution in [3.05, 3.63) is 125 Å². The number of amides is 1. The molecule has 5 aromatic rings. The zero-order chi connectivity index (χ0) is 27.6. The second-order valence-electron chi connectivity index (χ2n) is 8.88. The van der Waals surface area contributed by atoms with Crippen LogP contribution in [-0.4, -0.2) is 30.7 Å². The van der Waals surface area contributed by atoms with Crippen molar-refractivity contribution >= 4 is 42.6 Å². The lowest BCUT2D eigenvalue weighted by molar-refractivity contribution is 0.0985. The van der Waals surface area contributed by atoms with Crippen LogP contribution in [-0.2, 0) is 23.1 Å². The molecule has 0 unspecified atom stereocenters. The van der Waals surface area contributed by atoms with Crippen LogP contribution in [0.5, 0.6) is 0 Å². The van der Waals surface area contributed by atoms with E-state index in [-0.39, 0.29) is 38.9 Å². The van der Waals surface area contributed by atoms with Gasteiger partial charge in [0.05, 0.1) is 16.1 Å². The van der Waals surface area contributed by atoms with Crippen LogP contribution in [0.15, 0.2) is 102 Å². The molecule has 0 saturated heterocycles. The van der Waals surface area contributed by atoms with Crippen LogP contribution in [0.3, 0.4) is 0 Å². The Morgan fingerprint density at radius 1 is 0.846 bits per heavy atom. The van der Waals surface area contributed by atoms with Gasteiger partial charge in [0, 0.05) is 25.2 Å². The lowest BCUT2D eigenvalue weighted by atomic mass is 10.1. The number of nitrogens with zero attached hydrogens (tertiary/aromatic N) is 3. The Bertz CT molecular complexity index is 1730. The molecule has 10 heteroatoms. The Morgan fingerprint density at radius 2 is 1.44 bits per heavy atom. The van der Waals surface area contributed by atoms with Crippen molar-refractivity contribution in [2.45, 2.75) is 18.0 Å². The monoisotopic (exact) mass is 563 g/mol. The molecule has 39 heavy (non-hydrogen) atoms. The summed E-state index contributed by atoms with van der Waals surface area (Å²) in [5.41, 5.74) is 1.85. The molecule has 5 rings (SSSR count). The van der Waals surface area contributed by atoms with Crippen molar-refractivity contribution in [2.24, 2.45) is 0 Å². The molecule has 0 N–H and O–H groups in total. The van der Waals surface area contributed by atoms with Gasteiger partial charge in [0.2, 0.25) is 10.0 Å². The minimum absolute atomic E-state index is 0.0230. The van der Waals surface area contributed by atoms with Gasteiger partial charge in [-0.1, -0.05) is 72.0 Å². The van der Waals surface area contributed by atoms with Gasteiger partial charge in [-0.3, -0.25) is 9.69 Å². The van der Waals surface area contributed by atoms with E-state index in [1.807, 2.05) is 60.7 Å². The highest BCUT2D eigenvalue weighted by Gasteiger charge is 2.25. The molecule has 0 aliphatic carbocycles. The number of hydrogen-bond donors (Lipinski definition) is 0. The van der Waals surface area contributed by atoms with E-state index in [9.17, 15) is 22.0 Å². The van der Waals surface area contributed by atoms with Crippen LogP contribution in [0.25, 0.3) is 10.2 Å². The molecule has 1 aromatic heterocycles. The average Bonchev–Trinajstić information content (AvgIpc) is 3.36. The number of halogens is 2. The topological polar surface area (TPSA) is 70.6 Å². The Labute approximate surface area is 228 Å². The van der Waals surface area contributed by atoms with E-state index in [1.165, 1.54) is 46.6 Å². The molecule has 198 valence electrons. The summed E-state index contributed by atoms with van der Waals surface area (Å²) in [5, 5.41) is 0.197. The van der Waals surface area contributed by atoms with Crippen LogP contribution in [0.1, 0.15) is 21.5 Å². The number of carbonyl (C=O) groups excluding carboxylic acids is 1. The van der Waals surface area contributed by atoms with Gasteiger partial charge >= 0.3 is 0 Å². The van der Waals surface area contributed by atoms with Gasteiger partial charge in [0.15, 0.2) is 10.9 Å². The largest absolute Gasteiger partial charge is 0.279 e. The summed E-state index contributed by atoms with van der Waals surface area (Å²) in [6, 6.07) is 26.0. The van der Waals surface area contributed by atoms with Gasteiger partial charge in [-0.2, -0.15) is 4.31 Å². The maximum atomic E-state index is 14.4. The molecule has 0 spiro atoms. The van der Waals surface area contributed by atoms with E-state index >= 15 is 0 Å². The van der Waals surface area contributed by atoms with Gasteiger partial charge < -0.3 is 0 Å². The van der Waals surface area contributed by atoms with Crippen LogP contribution < -0.4 is 4.90 Å². The highest BCUT2D eigenvalue weighted by atomic mass is 32.2. The summed E-state index contributed by atoms with van der Waals surface area (Å²) in [7, 11) is -2.31. The number of sulfonamides is 1. The van der Waals surface area contributed by atoms with E-state index in [0.29, 0.717) is 0 Å². The molecule has 0 fully saturated rings. The Balaban J connectivity index is 1.45. The third-order valence-electron chi connectivity index (χ3n) is 6.12. The predicted octanol–water partition coefficient (Wildman–Crippen LogP) is 6.24. The SMILES string of the molecule is CN(Cc1ccccc1)S(=O)(=O)c1ccc(C(=O)N(Cc2ccccc2)c2nc3c(F)cc(F)cc3s2)cc1. The number of benzene rings is 4. The minimum atomic E-state index is -3.81. The highest BCUT2D eigenvalue weighted by Crippen LogP contribution is 2.33. The first-order chi connectivity index (χ1) is 18.7. The Kier molecular flexibility index (Phi) is 7.51. The summed E-state index contributed by atoms with van der Waals surface area (Å²) < 4.78 is 55.9. The Morgan fingerprint density at radius 3 is 2.05 bits per heavy atom. The number of anilines is 1. The first-order valence-corrected chi connectivity index (χ1v) is 14.2. The second kappa shape index (κ2) is 11.0. The van der Waals surface area contributed by atoms with E-state index < -0.39 is 27.6 Å². The van der Waals surface area contributed by atoms with Crippen molar-refractivity contribution in [2.75, 3.05) is 11.9 Å². The van der Waals surface area contributed by atoms with E-state index in [2.05, 4.69) is 4.98 Å². The molecule has 0 radical (unpaired) electrons. The molecule has 0 aliphatic heterocycles. The lowest BCUT2D eigenvalue weighted by Crippen LogP contribution is -2.30. The molecule has 0 bridgehead atoms. The fraction of sp³-hybridized carbons (Fsp3) is 0.103. The summed E-state index contributed by atoms with van der Waals surface area (Å²) in [6.07, 6.45) is 0. The van der Waals surface area contributed by atoms with Crippen LogP contribution in [0.4, 0.5) is 13.9 Å². The summed E-state index contributed by atoms with van der Waals surface area (Å²) in [4.78, 5) is 19.4. The number of aromatic nitrogens is 1. The summed E-state index contributed by atoms with van der Waals surface area (Å²) >= 11 is 1.000. The number of fused-ring (bicyclic) bond motifs is 1. The van der Waals surface area contributed by atoms with Crippen LogP contribution in [0.2, 0.25) is 0 Å². The zero-order valence-corrected chi connectivity index (χ0v) is 22.4. The first-order valence-electron chi connectivity index (χ1n) is 11.9. The Hall–Kier alpha value is -3.99. The summed E-state index contributed by atoms with van der Waals surface area (Å²) in [5.74, 6) is -2.00. The highest BCUT2D eigenvalue weighted by molar-refractivity contribution is 7.89. The number of carbonyl (C=O) groups is 1. The normalized spacial score (nSPS) is 11.7. The van der Waals surface area contributed by atoms with Crippen LogP contribution >= 0.6 is 11.3 Å². The maximum Gasteiger partial charge on any atom is 0.260 e. The molecule has 1 amide bonds. The average molecular weight is 564 g/mol. The molecular formula is C29H23F2N3O3S2. The molecule has 0 atom stereocenters. The predicted molar refractivity (Wildman–Crippen MR) is 148 cm³/mol. The van der Waals surface area contributed by atoms with Crippen molar-refractivity contribution in [3.63, 3.8) is 0 Å². The smallest absolute Gasteiger partial charge is 0.260 e. The number of rotatable bonds is 8. The van der Waals surface area contributed by atoms with E-state index in [4.69, 9.17) is 0 Å². The van der Waals surface area contributed by atoms with Gasteiger partial charge in [-0.25, -0.2) is 22.2 Å². The third-order valence-corrected chi connectivity index (χ3v) is 8.96. The molecule has 4 aromatic carbocycles. The van der Waals surface area contributed by atoms with Gasteiger partial charge in [-0.15, -0.1) is 0 Å². The summed E-state index contributed by atoms with van der Waals surface area (Å²) in [6.45, 7) is 0.326. The van der Waals surface area contributed by atoms with E-state index in [0.717, 1.165) is 28.5 Å². The molecule has 1 heterocycles. The van der Waals surface area contributed by atoms with Crippen molar-refractivity contribution < 1.29 is 22.0 Å². The van der Waals surface area contributed by atoms with E-state index in [1.54, 1.807) is 0 Å². The second-order valence-corrected chi connectivity index (χ2v) is 11.9. The lowest BCUT2D eigenvalue weighted by Gasteiger charge is -2.21. The third kappa shape index (κ3) is 5.73. The molecule has 0 aliphatic rings. The van der Waals surface area contributed by atoms with Crippen molar-refractivity contribution in [3.8, 4) is 0 Å². The molecule has 0 saturated carbocycles. The fourth-order valence-corrected chi connectivity index (χ4v) is 6.25. The maximum absolute atomic E-state index is 14.4. The van der Waals surface area contributed by atoms with Crippen molar-refractivity contribution in [1.82, 2.24) is 9.29 Å². The number of thiazole rings is 1. The van der Waals surface area contributed by atoms with Gasteiger partial charge in [0.25, 0.3) is 5.91 Å². The molecular weight excluding hydrogens is 540 g/mol. The quantitative estimate of drug-likeness (QED) is 0.224. The van der Waals surface area contributed by atoms with Crippen molar-refractivity contribution in [1.29, 1.82) is 0 Å². The van der Waals surface area contributed by atoms with Crippen LogP contribution in [0, 0.1) is 11.6 Å². The zero-order valence-electron chi connectivity index (χ0n) is 20.8. The minimum Gasteiger partial charge on any atom is -0.279 e. The standard InChI is InChI=1S/C29H23F2N3O3S2/c1-33(18-20-8-4-2-5-9-20)39(36,37)24-14-12-22(13-15-24)28(35)34(19-21-10-6-3-7-11-21)29-32-27-25(31)16-23(30)17-26(27)38-29/h2-17H,18-19H2,1H3. The fourth-order valence-electron chi connectivity index (χ4n) is 4.08. The van der Waals surface area contributed by atoms with Gasteiger partial charge in [-0.05, 0) is 41.5 Å². The first kappa shape index (κ1) is 26.6. The molecule has 6 nitrogen and oxygen atoms in total.